The molecular formula is C11H22N4O. The molecule has 1 heterocycles. The summed E-state index contributed by atoms with van der Waals surface area (Å²) in [6.07, 6.45) is 3.10. The summed E-state index contributed by atoms with van der Waals surface area (Å²) < 4.78 is 7.39. The second-order valence-electron chi connectivity index (χ2n) is 4.16. The number of rotatable bonds is 6. The normalized spacial score (nSPS) is 13.4. The van der Waals surface area contributed by atoms with E-state index in [1.54, 1.807) is 0 Å². The van der Waals surface area contributed by atoms with Crippen molar-refractivity contribution in [2.24, 2.45) is 12.9 Å². The molecule has 0 aliphatic heterocycles. The Morgan fingerprint density at radius 1 is 1.56 bits per heavy atom. The van der Waals surface area contributed by atoms with Gasteiger partial charge in [0.1, 0.15) is 0 Å². The fraction of sp³-hybridized carbons (Fsp3) is 0.727. The molecule has 0 aliphatic carbocycles. The molecule has 5 nitrogen and oxygen atoms in total. The van der Waals surface area contributed by atoms with E-state index in [0.29, 0.717) is 6.61 Å². The maximum absolute atomic E-state index is 5.58. The number of hydrazine groups is 1. The Morgan fingerprint density at radius 3 is 2.75 bits per heavy atom. The second kappa shape index (κ2) is 5.98. The van der Waals surface area contributed by atoms with E-state index in [9.17, 15) is 0 Å². The van der Waals surface area contributed by atoms with Crippen LogP contribution in [0, 0.1) is 0 Å². The SMILES string of the molecule is CCc1nn(C)cc1C(COC(C)C)NN. The molecule has 1 aromatic heterocycles. The van der Waals surface area contributed by atoms with Crippen LogP contribution in [0.4, 0.5) is 0 Å². The van der Waals surface area contributed by atoms with Crippen LogP contribution >= 0.6 is 0 Å². The van der Waals surface area contributed by atoms with Gasteiger partial charge in [0.2, 0.25) is 0 Å². The number of aryl methyl sites for hydroxylation is 2. The van der Waals surface area contributed by atoms with Crippen LogP contribution in [0.3, 0.4) is 0 Å². The molecule has 1 rings (SSSR count). The maximum Gasteiger partial charge on any atom is 0.0727 e. The number of hydrogen-bond donors (Lipinski definition) is 2. The largest absolute Gasteiger partial charge is 0.377 e. The average molecular weight is 226 g/mol. The zero-order valence-corrected chi connectivity index (χ0v) is 10.5. The molecule has 0 fully saturated rings. The summed E-state index contributed by atoms with van der Waals surface area (Å²) in [5.74, 6) is 5.56. The number of ether oxygens (including phenoxy) is 1. The lowest BCUT2D eigenvalue weighted by atomic mass is 10.1. The lowest BCUT2D eigenvalue weighted by Gasteiger charge is -2.17. The van der Waals surface area contributed by atoms with E-state index >= 15 is 0 Å². The molecule has 5 heteroatoms. The van der Waals surface area contributed by atoms with Crippen LogP contribution < -0.4 is 11.3 Å². The molecule has 16 heavy (non-hydrogen) atoms. The number of nitrogens with two attached hydrogens (primary N) is 1. The van der Waals surface area contributed by atoms with Crippen LogP contribution in [-0.2, 0) is 18.2 Å². The molecule has 92 valence electrons. The van der Waals surface area contributed by atoms with Crippen molar-refractivity contribution in [1.82, 2.24) is 15.2 Å². The van der Waals surface area contributed by atoms with Crippen LogP contribution in [0.15, 0.2) is 6.20 Å². The van der Waals surface area contributed by atoms with Crippen LogP contribution in [0.2, 0.25) is 0 Å². The first-order valence-electron chi connectivity index (χ1n) is 5.68. The van der Waals surface area contributed by atoms with Gasteiger partial charge >= 0.3 is 0 Å². The molecule has 0 saturated heterocycles. The van der Waals surface area contributed by atoms with Crippen LogP contribution in [0.25, 0.3) is 0 Å². The van der Waals surface area contributed by atoms with E-state index in [1.807, 2.05) is 31.8 Å². The van der Waals surface area contributed by atoms with Gasteiger partial charge in [-0.05, 0) is 20.3 Å². The predicted octanol–water partition coefficient (Wildman–Crippen LogP) is 0.912. The fourth-order valence-electron chi connectivity index (χ4n) is 1.64. The standard InChI is InChI=1S/C11H22N4O/c1-5-10-9(6-15(4)14-10)11(13-12)7-16-8(2)3/h6,8,11,13H,5,7,12H2,1-4H3. The van der Waals surface area contributed by atoms with Crippen molar-refractivity contribution in [3.05, 3.63) is 17.5 Å². The highest BCUT2D eigenvalue weighted by Crippen LogP contribution is 2.17. The number of hydrogen-bond acceptors (Lipinski definition) is 4. The summed E-state index contributed by atoms with van der Waals surface area (Å²) >= 11 is 0. The summed E-state index contributed by atoms with van der Waals surface area (Å²) in [6.45, 7) is 6.67. The van der Waals surface area contributed by atoms with Gasteiger partial charge in [-0.1, -0.05) is 6.92 Å². The Bertz CT molecular complexity index is 322. The zero-order chi connectivity index (χ0) is 12.1. The minimum absolute atomic E-state index is 0.00560. The Morgan fingerprint density at radius 2 is 2.25 bits per heavy atom. The molecule has 0 amide bonds. The molecule has 0 radical (unpaired) electrons. The third-order valence-electron chi connectivity index (χ3n) is 2.45. The smallest absolute Gasteiger partial charge is 0.0727 e. The molecule has 1 aromatic rings. The summed E-state index contributed by atoms with van der Waals surface area (Å²) in [5, 5.41) is 4.39. The minimum atomic E-state index is 0.00560. The Hall–Kier alpha value is -0.910. The van der Waals surface area contributed by atoms with Gasteiger partial charge in [-0.25, -0.2) is 0 Å². The van der Waals surface area contributed by atoms with Gasteiger partial charge in [0.15, 0.2) is 0 Å². The monoisotopic (exact) mass is 226 g/mol. The van der Waals surface area contributed by atoms with Gasteiger partial charge in [0, 0.05) is 18.8 Å². The lowest BCUT2D eigenvalue weighted by molar-refractivity contribution is 0.0610. The molecule has 3 N–H and O–H groups in total. The first kappa shape index (κ1) is 13.2. The topological polar surface area (TPSA) is 65.1 Å². The molecule has 0 spiro atoms. The van der Waals surface area contributed by atoms with E-state index in [1.165, 1.54) is 0 Å². The van der Waals surface area contributed by atoms with Crippen molar-refractivity contribution in [3.8, 4) is 0 Å². The Kier molecular flexibility index (Phi) is 4.92. The van der Waals surface area contributed by atoms with Crippen molar-refractivity contribution < 1.29 is 4.74 Å². The maximum atomic E-state index is 5.58. The van der Waals surface area contributed by atoms with Gasteiger partial charge in [0.25, 0.3) is 0 Å². The second-order valence-corrected chi connectivity index (χ2v) is 4.16. The van der Waals surface area contributed by atoms with Crippen LogP contribution in [0.5, 0.6) is 0 Å². The first-order chi connectivity index (χ1) is 7.58. The minimum Gasteiger partial charge on any atom is -0.377 e. The van der Waals surface area contributed by atoms with Gasteiger partial charge in [-0.3, -0.25) is 16.0 Å². The lowest BCUT2D eigenvalue weighted by Crippen LogP contribution is -2.32. The number of aromatic nitrogens is 2. The van der Waals surface area contributed by atoms with Gasteiger partial charge < -0.3 is 4.74 Å². The molecule has 0 aliphatic rings. The average Bonchev–Trinajstić information content (AvgIpc) is 2.60. The number of nitrogens with one attached hydrogen (secondary N) is 1. The van der Waals surface area contributed by atoms with Crippen molar-refractivity contribution in [2.75, 3.05) is 6.61 Å². The van der Waals surface area contributed by atoms with Gasteiger partial charge in [0.05, 0.1) is 24.4 Å². The Labute approximate surface area is 96.9 Å². The van der Waals surface area contributed by atoms with E-state index in [2.05, 4.69) is 17.4 Å². The van der Waals surface area contributed by atoms with E-state index in [-0.39, 0.29) is 12.1 Å². The molecule has 0 saturated carbocycles. The summed E-state index contributed by atoms with van der Waals surface area (Å²) in [5.41, 5.74) is 4.97. The van der Waals surface area contributed by atoms with Gasteiger partial charge in [-0.15, -0.1) is 0 Å². The third kappa shape index (κ3) is 3.30. The molecule has 1 atom stereocenters. The van der Waals surface area contributed by atoms with Gasteiger partial charge in [-0.2, -0.15) is 5.10 Å². The predicted molar refractivity (Wildman–Crippen MR) is 63.7 cm³/mol. The Balaban J connectivity index is 2.77. The molecule has 0 bridgehead atoms. The zero-order valence-electron chi connectivity index (χ0n) is 10.5. The van der Waals surface area contributed by atoms with Crippen LogP contribution in [-0.4, -0.2) is 22.5 Å². The van der Waals surface area contributed by atoms with E-state index < -0.39 is 0 Å². The van der Waals surface area contributed by atoms with Crippen LogP contribution in [0.1, 0.15) is 38.1 Å². The molecular weight excluding hydrogens is 204 g/mol. The fourth-order valence-corrected chi connectivity index (χ4v) is 1.64. The highest BCUT2D eigenvalue weighted by Gasteiger charge is 2.17. The quantitative estimate of drug-likeness (QED) is 0.559. The molecule has 0 aromatic carbocycles. The van der Waals surface area contributed by atoms with Crippen molar-refractivity contribution in [3.63, 3.8) is 0 Å². The van der Waals surface area contributed by atoms with Crippen molar-refractivity contribution in [2.45, 2.75) is 39.3 Å². The highest BCUT2D eigenvalue weighted by atomic mass is 16.5. The summed E-state index contributed by atoms with van der Waals surface area (Å²) in [6, 6.07) is 0.00560. The summed E-state index contributed by atoms with van der Waals surface area (Å²) in [4.78, 5) is 0. The first-order valence-corrected chi connectivity index (χ1v) is 5.68. The van der Waals surface area contributed by atoms with Crippen molar-refractivity contribution in [1.29, 1.82) is 0 Å². The number of nitrogens with zero attached hydrogens (tertiary/aromatic N) is 2. The molecule has 1 unspecified atom stereocenters. The highest BCUT2D eigenvalue weighted by molar-refractivity contribution is 5.21. The third-order valence-corrected chi connectivity index (χ3v) is 2.45. The van der Waals surface area contributed by atoms with Crippen molar-refractivity contribution >= 4 is 0 Å². The van der Waals surface area contributed by atoms with E-state index in [0.717, 1.165) is 17.7 Å². The summed E-state index contributed by atoms with van der Waals surface area (Å²) in [7, 11) is 1.92. The van der Waals surface area contributed by atoms with E-state index in [4.69, 9.17) is 10.6 Å².